The molecule has 1 N–H and O–H groups in total. The molecule has 2 unspecified atom stereocenters. The fourth-order valence-corrected chi connectivity index (χ4v) is 2.88. The normalized spacial score (nSPS) is 24.8. The predicted molar refractivity (Wildman–Crippen MR) is 87.6 cm³/mol. The zero-order chi connectivity index (χ0) is 17.1. The Hall–Kier alpha value is -2.06. The van der Waals surface area contributed by atoms with Gasteiger partial charge >= 0.3 is 0 Å². The molecule has 130 valence electrons. The summed E-state index contributed by atoms with van der Waals surface area (Å²) in [5.41, 5.74) is 0. The van der Waals surface area contributed by atoms with Gasteiger partial charge in [-0.25, -0.2) is 9.97 Å². The standard InChI is InChI=1S/C16H23N5O3/c1-11-3-4-12(24-11)15(22)19-13-5-6-17-14(18-13)16(23)21-9-7-20(2)8-10-21/h5-6,11-12H,3-4,7-10H2,1-2H3,(H,17,18,19,22). The number of carbonyl (C=O) groups is 2. The predicted octanol–water partition coefficient (Wildman–Crippen LogP) is 0.370. The third-order valence-corrected chi connectivity index (χ3v) is 4.41. The second-order valence-corrected chi connectivity index (χ2v) is 6.36. The van der Waals surface area contributed by atoms with Crippen molar-refractivity contribution in [2.45, 2.75) is 32.0 Å². The lowest BCUT2D eigenvalue weighted by Crippen LogP contribution is -2.47. The van der Waals surface area contributed by atoms with Crippen LogP contribution < -0.4 is 5.32 Å². The number of carbonyl (C=O) groups excluding carboxylic acids is 2. The molecule has 2 fully saturated rings. The average Bonchev–Trinajstić information content (AvgIpc) is 3.02. The molecule has 24 heavy (non-hydrogen) atoms. The smallest absolute Gasteiger partial charge is 0.291 e. The van der Waals surface area contributed by atoms with Gasteiger partial charge in [-0.2, -0.15) is 0 Å². The van der Waals surface area contributed by atoms with Gasteiger partial charge in [-0.15, -0.1) is 0 Å². The average molecular weight is 333 g/mol. The molecule has 1 aromatic heterocycles. The molecule has 3 heterocycles. The summed E-state index contributed by atoms with van der Waals surface area (Å²) < 4.78 is 5.54. The van der Waals surface area contributed by atoms with Crippen molar-refractivity contribution in [3.8, 4) is 0 Å². The van der Waals surface area contributed by atoms with Gasteiger partial charge in [0.15, 0.2) is 0 Å². The summed E-state index contributed by atoms with van der Waals surface area (Å²) in [6, 6.07) is 1.58. The Bertz CT molecular complexity index is 615. The summed E-state index contributed by atoms with van der Waals surface area (Å²) in [5, 5.41) is 2.72. The van der Waals surface area contributed by atoms with E-state index in [1.165, 1.54) is 6.20 Å². The van der Waals surface area contributed by atoms with Crippen LogP contribution in [0.5, 0.6) is 0 Å². The van der Waals surface area contributed by atoms with Gasteiger partial charge in [0.2, 0.25) is 5.82 Å². The third kappa shape index (κ3) is 3.88. The Morgan fingerprint density at radius 3 is 2.67 bits per heavy atom. The summed E-state index contributed by atoms with van der Waals surface area (Å²) in [6.45, 7) is 4.93. The molecule has 8 nitrogen and oxygen atoms in total. The van der Waals surface area contributed by atoms with Gasteiger partial charge in [-0.05, 0) is 32.9 Å². The first kappa shape index (κ1) is 16.8. The lowest BCUT2D eigenvalue weighted by atomic mass is 10.2. The number of rotatable bonds is 3. The van der Waals surface area contributed by atoms with E-state index in [0.29, 0.717) is 25.3 Å². The highest BCUT2D eigenvalue weighted by Gasteiger charge is 2.29. The first-order valence-corrected chi connectivity index (χ1v) is 8.30. The maximum Gasteiger partial charge on any atom is 0.291 e. The Labute approximate surface area is 141 Å². The van der Waals surface area contributed by atoms with Gasteiger partial charge in [-0.1, -0.05) is 0 Å². The number of nitrogens with one attached hydrogen (secondary N) is 1. The fourth-order valence-electron chi connectivity index (χ4n) is 2.88. The first-order chi connectivity index (χ1) is 11.5. The molecule has 0 bridgehead atoms. The largest absolute Gasteiger partial charge is 0.365 e. The SMILES string of the molecule is CC1CCC(C(=O)Nc2ccnc(C(=O)N3CCN(C)CC3)n2)O1. The molecule has 0 aromatic carbocycles. The van der Waals surface area contributed by atoms with Crippen LogP contribution in [0.25, 0.3) is 0 Å². The van der Waals surface area contributed by atoms with E-state index in [1.54, 1.807) is 11.0 Å². The molecule has 2 amide bonds. The van der Waals surface area contributed by atoms with Crippen molar-refractivity contribution in [1.29, 1.82) is 0 Å². The molecule has 2 aliphatic rings. The highest BCUT2D eigenvalue weighted by atomic mass is 16.5. The maximum atomic E-state index is 12.5. The van der Waals surface area contributed by atoms with Crippen LogP contribution in [-0.4, -0.2) is 77.0 Å². The van der Waals surface area contributed by atoms with Crippen LogP contribution in [0.1, 0.15) is 30.4 Å². The number of amides is 2. The van der Waals surface area contributed by atoms with Gasteiger partial charge < -0.3 is 19.9 Å². The molecule has 3 rings (SSSR count). The molecule has 0 spiro atoms. The Kier molecular flexibility index (Phi) is 5.06. The van der Waals surface area contributed by atoms with E-state index in [1.807, 2.05) is 14.0 Å². The minimum absolute atomic E-state index is 0.0977. The topological polar surface area (TPSA) is 87.7 Å². The zero-order valence-corrected chi connectivity index (χ0v) is 14.1. The molecular formula is C16H23N5O3. The highest BCUT2D eigenvalue weighted by molar-refractivity contribution is 5.95. The van der Waals surface area contributed by atoms with Crippen molar-refractivity contribution >= 4 is 17.6 Å². The van der Waals surface area contributed by atoms with E-state index in [4.69, 9.17) is 4.74 Å². The molecule has 0 radical (unpaired) electrons. The van der Waals surface area contributed by atoms with Crippen molar-refractivity contribution in [2.24, 2.45) is 0 Å². The summed E-state index contributed by atoms with van der Waals surface area (Å²) in [4.78, 5) is 36.8. The van der Waals surface area contributed by atoms with E-state index >= 15 is 0 Å². The van der Waals surface area contributed by atoms with Crippen LogP contribution in [0.3, 0.4) is 0 Å². The molecule has 2 atom stereocenters. The second-order valence-electron chi connectivity index (χ2n) is 6.36. The van der Waals surface area contributed by atoms with Crippen molar-refractivity contribution in [3.05, 3.63) is 18.1 Å². The summed E-state index contributed by atoms with van der Waals surface area (Å²) >= 11 is 0. The van der Waals surface area contributed by atoms with Crippen LogP contribution in [0.15, 0.2) is 12.3 Å². The quantitative estimate of drug-likeness (QED) is 0.860. The number of hydrogen-bond donors (Lipinski definition) is 1. The van der Waals surface area contributed by atoms with E-state index in [2.05, 4.69) is 20.2 Å². The number of aromatic nitrogens is 2. The second kappa shape index (κ2) is 7.23. The fraction of sp³-hybridized carbons (Fsp3) is 0.625. The summed E-state index contributed by atoms with van der Waals surface area (Å²) in [5.74, 6) is 0.00896. The van der Waals surface area contributed by atoms with Crippen LogP contribution in [-0.2, 0) is 9.53 Å². The van der Waals surface area contributed by atoms with Crippen LogP contribution in [0.2, 0.25) is 0 Å². The van der Waals surface area contributed by atoms with Gasteiger partial charge in [0.25, 0.3) is 11.8 Å². The van der Waals surface area contributed by atoms with Gasteiger partial charge in [0.05, 0.1) is 6.10 Å². The number of likely N-dealkylation sites (N-methyl/N-ethyl adjacent to an activating group) is 1. The maximum absolute atomic E-state index is 12.5. The van der Waals surface area contributed by atoms with Crippen molar-refractivity contribution in [1.82, 2.24) is 19.8 Å². The van der Waals surface area contributed by atoms with E-state index in [9.17, 15) is 9.59 Å². The van der Waals surface area contributed by atoms with Gasteiger partial charge in [0.1, 0.15) is 11.9 Å². The zero-order valence-electron chi connectivity index (χ0n) is 14.1. The monoisotopic (exact) mass is 333 g/mol. The highest BCUT2D eigenvalue weighted by Crippen LogP contribution is 2.20. The molecule has 0 aliphatic carbocycles. The minimum Gasteiger partial charge on any atom is -0.365 e. The number of hydrogen-bond acceptors (Lipinski definition) is 6. The molecule has 1 aromatic rings. The first-order valence-electron chi connectivity index (χ1n) is 8.30. The molecular weight excluding hydrogens is 310 g/mol. The number of piperazine rings is 1. The Morgan fingerprint density at radius 2 is 2.00 bits per heavy atom. The van der Waals surface area contributed by atoms with Crippen LogP contribution in [0, 0.1) is 0 Å². The van der Waals surface area contributed by atoms with Crippen molar-refractivity contribution in [2.75, 3.05) is 38.5 Å². The van der Waals surface area contributed by atoms with E-state index in [0.717, 1.165) is 19.5 Å². The minimum atomic E-state index is -0.452. The molecule has 8 heteroatoms. The lowest BCUT2D eigenvalue weighted by Gasteiger charge is -2.31. The molecule has 2 aliphatic heterocycles. The lowest BCUT2D eigenvalue weighted by molar-refractivity contribution is -0.126. The number of nitrogens with zero attached hydrogens (tertiary/aromatic N) is 4. The summed E-state index contributed by atoms with van der Waals surface area (Å²) in [7, 11) is 2.03. The third-order valence-electron chi connectivity index (χ3n) is 4.41. The van der Waals surface area contributed by atoms with Crippen molar-refractivity contribution in [3.63, 3.8) is 0 Å². The molecule has 2 saturated heterocycles. The summed E-state index contributed by atoms with van der Waals surface area (Å²) in [6.07, 6.45) is 2.71. The molecule has 0 saturated carbocycles. The van der Waals surface area contributed by atoms with E-state index in [-0.39, 0.29) is 23.7 Å². The Morgan fingerprint density at radius 1 is 1.25 bits per heavy atom. The number of ether oxygens (including phenoxy) is 1. The van der Waals surface area contributed by atoms with Gasteiger partial charge in [0, 0.05) is 32.4 Å². The van der Waals surface area contributed by atoms with Crippen LogP contribution in [0.4, 0.5) is 5.82 Å². The Balaban J connectivity index is 1.63. The van der Waals surface area contributed by atoms with E-state index < -0.39 is 6.10 Å². The number of anilines is 1. The van der Waals surface area contributed by atoms with Crippen molar-refractivity contribution < 1.29 is 14.3 Å². The van der Waals surface area contributed by atoms with Crippen LogP contribution >= 0.6 is 0 Å². The van der Waals surface area contributed by atoms with Gasteiger partial charge in [-0.3, -0.25) is 9.59 Å².